The monoisotopic (exact) mass is 363 g/mol. The van der Waals surface area contributed by atoms with Crippen LogP contribution in [-0.2, 0) is 27.3 Å². The van der Waals surface area contributed by atoms with E-state index < -0.39 is 5.97 Å². The van der Waals surface area contributed by atoms with Crippen molar-refractivity contribution in [1.29, 1.82) is 0 Å². The number of amides is 1. The lowest BCUT2D eigenvalue weighted by Gasteiger charge is -2.10. The lowest BCUT2D eigenvalue weighted by Crippen LogP contribution is -2.28. The summed E-state index contributed by atoms with van der Waals surface area (Å²) in [6.45, 7) is 0.00658. The molecule has 0 aliphatic carbocycles. The third kappa shape index (κ3) is 5.07. The molecule has 0 fully saturated rings. The van der Waals surface area contributed by atoms with Crippen LogP contribution in [0, 0.1) is 0 Å². The molecule has 0 atom stereocenters. The SMILES string of the molecule is COc1ccccc1CNC(=O)COC(=O)Cc1ccc2ccccc2c1. The second kappa shape index (κ2) is 8.85. The van der Waals surface area contributed by atoms with Crippen LogP contribution in [-0.4, -0.2) is 25.6 Å². The molecule has 0 radical (unpaired) electrons. The van der Waals surface area contributed by atoms with Crippen molar-refractivity contribution in [3.05, 3.63) is 77.9 Å². The van der Waals surface area contributed by atoms with Gasteiger partial charge in [0.2, 0.25) is 0 Å². The summed E-state index contributed by atoms with van der Waals surface area (Å²) in [4.78, 5) is 23.9. The van der Waals surface area contributed by atoms with Crippen molar-refractivity contribution in [3.8, 4) is 5.75 Å². The van der Waals surface area contributed by atoms with Crippen LogP contribution in [0.4, 0.5) is 0 Å². The number of rotatable bonds is 7. The van der Waals surface area contributed by atoms with E-state index in [1.807, 2.05) is 66.7 Å². The second-order valence-corrected chi connectivity index (χ2v) is 6.11. The zero-order valence-corrected chi connectivity index (χ0v) is 15.1. The topological polar surface area (TPSA) is 64.6 Å². The number of ether oxygens (including phenoxy) is 2. The Labute approximate surface area is 157 Å². The van der Waals surface area contributed by atoms with Gasteiger partial charge < -0.3 is 14.8 Å². The summed E-state index contributed by atoms with van der Waals surface area (Å²) in [7, 11) is 1.58. The number of carbonyl (C=O) groups is 2. The largest absolute Gasteiger partial charge is 0.496 e. The molecular formula is C22H21NO4. The Hall–Kier alpha value is -3.34. The van der Waals surface area contributed by atoms with Gasteiger partial charge in [0, 0.05) is 12.1 Å². The summed E-state index contributed by atoms with van der Waals surface area (Å²) in [5.74, 6) is -0.0865. The average molecular weight is 363 g/mol. The van der Waals surface area contributed by atoms with Crippen molar-refractivity contribution < 1.29 is 19.1 Å². The molecule has 0 aromatic heterocycles. The van der Waals surface area contributed by atoms with E-state index in [1.54, 1.807) is 7.11 Å². The lowest BCUT2D eigenvalue weighted by atomic mass is 10.1. The zero-order chi connectivity index (χ0) is 19.1. The fourth-order valence-electron chi connectivity index (χ4n) is 2.81. The molecule has 0 heterocycles. The maximum atomic E-state index is 12.0. The number of fused-ring (bicyclic) bond motifs is 1. The molecule has 0 aliphatic rings. The van der Waals surface area contributed by atoms with Crippen molar-refractivity contribution >= 4 is 22.6 Å². The van der Waals surface area contributed by atoms with E-state index in [4.69, 9.17) is 9.47 Å². The van der Waals surface area contributed by atoms with Crippen molar-refractivity contribution in [2.75, 3.05) is 13.7 Å². The molecule has 5 nitrogen and oxygen atoms in total. The van der Waals surface area contributed by atoms with Crippen LogP contribution in [0.25, 0.3) is 10.8 Å². The number of benzene rings is 3. The number of methoxy groups -OCH3 is 1. The number of hydrogen-bond donors (Lipinski definition) is 1. The highest BCUT2D eigenvalue weighted by Gasteiger charge is 2.10. The van der Waals surface area contributed by atoms with E-state index >= 15 is 0 Å². The Bertz CT molecular complexity index is 952. The van der Waals surface area contributed by atoms with Gasteiger partial charge in [0.15, 0.2) is 6.61 Å². The molecule has 0 spiro atoms. The number of esters is 1. The standard InChI is InChI=1S/C22H21NO4/c1-26-20-9-5-4-8-19(20)14-23-21(24)15-27-22(25)13-16-10-11-17-6-2-3-7-18(17)12-16/h2-12H,13-15H2,1H3,(H,23,24). The molecule has 0 aliphatic heterocycles. The first-order valence-corrected chi connectivity index (χ1v) is 8.67. The molecule has 1 amide bonds. The van der Waals surface area contributed by atoms with E-state index in [2.05, 4.69) is 5.32 Å². The van der Waals surface area contributed by atoms with Gasteiger partial charge in [0.1, 0.15) is 5.75 Å². The number of nitrogens with one attached hydrogen (secondary N) is 1. The summed E-state index contributed by atoms with van der Waals surface area (Å²) < 4.78 is 10.3. The Morgan fingerprint density at radius 2 is 1.67 bits per heavy atom. The summed E-state index contributed by atoms with van der Waals surface area (Å²) in [6.07, 6.45) is 0.130. The number of carbonyl (C=O) groups excluding carboxylic acids is 2. The predicted molar refractivity (Wildman–Crippen MR) is 103 cm³/mol. The third-order valence-corrected chi connectivity index (χ3v) is 4.20. The van der Waals surface area contributed by atoms with Gasteiger partial charge in [-0.15, -0.1) is 0 Å². The van der Waals surface area contributed by atoms with Gasteiger partial charge in [0.25, 0.3) is 5.91 Å². The average Bonchev–Trinajstić information content (AvgIpc) is 2.70. The third-order valence-electron chi connectivity index (χ3n) is 4.20. The summed E-state index contributed by atoms with van der Waals surface area (Å²) in [5.41, 5.74) is 1.71. The first-order chi connectivity index (χ1) is 13.2. The molecule has 138 valence electrons. The molecule has 0 saturated heterocycles. The van der Waals surface area contributed by atoms with Crippen LogP contribution in [0.1, 0.15) is 11.1 Å². The Kier molecular flexibility index (Phi) is 6.05. The van der Waals surface area contributed by atoms with Crippen molar-refractivity contribution in [3.63, 3.8) is 0 Å². The van der Waals surface area contributed by atoms with Gasteiger partial charge in [-0.25, -0.2) is 0 Å². The van der Waals surface area contributed by atoms with Crippen LogP contribution >= 0.6 is 0 Å². The summed E-state index contributed by atoms with van der Waals surface area (Å²) >= 11 is 0. The maximum absolute atomic E-state index is 12.0. The van der Waals surface area contributed by atoms with Crippen LogP contribution in [0.2, 0.25) is 0 Å². The number of hydrogen-bond acceptors (Lipinski definition) is 4. The second-order valence-electron chi connectivity index (χ2n) is 6.11. The van der Waals surface area contributed by atoms with E-state index in [0.717, 1.165) is 21.9 Å². The normalized spacial score (nSPS) is 10.4. The smallest absolute Gasteiger partial charge is 0.310 e. The first-order valence-electron chi connectivity index (χ1n) is 8.67. The summed E-state index contributed by atoms with van der Waals surface area (Å²) in [5, 5.41) is 4.90. The molecule has 3 rings (SSSR count). The van der Waals surface area contributed by atoms with Gasteiger partial charge in [0.05, 0.1) is 13.5 Å². The zero-order valence-electron chi connectivity index (χ0n) is 15.1. The van der Waals surface area contributed by atoms with Crippen LogP contribution < -0.4 is 10.1 Å². The predicted octanol–water partition coefficient (Wildman–Crippen LogP) is 3.25. The van der Waals surface area contributed by atoms with Crippen LogP contribution in [0.3, 0.4) is 0 Å². The fraction of sp³-hybridized carbons (Fsp3) is 0.182. The van der Waals surface area contributed by atoms with Crippen LogP contribution in [0.5, 0.6) is 5.75 Å². The van der Waals surface area contributed by atoms with Gasteiger partial charge in [-0.05, 0) is 22.4 Å². The summed E-state index contributed by atoms with van der Waals surface area (Å²) in [6, 6.07) is 21.2. The van der Waals surface area contributed by atoms with Crippen LogP contribution in [0.15, 0.2) is 66.7 Å². The van der Waals surface area contributed by atoms with Gasteiger partial charge in [-0.2, -0.15) is 0 Å². The highest BCUT2D eigenvalue weighted by molar-refractivity contribution is 5.85. The molecular weight excluding hydrogens is 342 g/mol. The highest BCUT2D eigenvalue weighted by atomic mass is 16.5. The Morgan fingerprint density at radius 3 is 2.48 bits per heavy atom. The highest BCUT2D eigenvalue weighted by Crippen LogP contribution is 2.17. The van der Waals surface area contributed by atoms with Gasteiger partial charge in [-0.3, -0.25) is 9.59 Å². The van der Waals surface area contributed by atoms with Crippen molar-refractivity contribution in [2.45, 2.75) is 13.0 Å². The van der Waals surface area contributed by atoms with E-state index in [0.29, 0.717) is 12.3 Å². The van der Waals surface area contributed by atoms with E-state index in [1.165, 1.54) is 0 Å². The van der Waals surface area contributed by atoms with Crippen molar-refractivity contribution in [1.82, 2.24) is 5.32 Å². The molecule has 3 aromatic rings. The fourth-order valence-corrected chi connectivity index (χ4v) is 2.81. The molecule has 0 bridgehead atoms. The minimum atomic E-state index is -0.433. The van der Waals surface area contributed by atoms with Gasteiger partial charge in [-0.1, -0.05) is 60.7 Å². The Morgan fingerprint density at radius 1 is 0.926 bits per heavy atom. The van der Waals surface area contributed by atoms with Gasteiger partial charge >= 0.3 is 5.97 Å². The molecule has 27 heavy (non-hydrogen) atoms. The molecule has 5 heteroatoms. The molecule has 0 saturated carbocycles. The first kappa shape index (κ1) is 18.5. The molecule has 0 unspecified atom stereocenters. The minimum absolute atomic E-state index is 0.130. The minimum Gasteiger partial charge on any atom is -0.496 e. The number of para-hydroxylation sites is 1. The Balaban J connectivity index is 1.47. The molecule has 1 N–H and O–H groups in total. The lowest BCUT2D eigenvalue weighted by molar-refractivity contribution is -0.147. The molecule has 3 aromatic carbocycles. The van der Waals surface area contributed by atoms with E-state index in [9.17, 15) is 9.59 Å². The maximum Gasteiger partial charge on any atom is 0.310 e. The van der Waals surface area contributed by atoms with E-state index in [-0.39, 0.29) is 18.9 Å². The van der Waals surface area contributed by atoms with Crippen molar-refractivity contribution in [2.24, 2.45) is 0 Å². The quantitative estimate of drug-likeness (QED) is 0.655.